The third-order valence-corrected chi connectivity index (χ3v) is 4.23. The molecule has 1 aliphatic carbocycles. The molecule has 23 heavy (non-hydrogen) atoms. The van der Waals surface area contributed by atoms with Gasteiger partial charge in [0.05, 0.1) is 5.69 Å². The lowest BCUT2D eigenvalue weighted by atomic mass is 10.1. The Morgan fingerprint density at radius 3 is 2.61 bits per heavy atom. The van der Waals surface area contributed by atoms with Crippen LogP contribution in [-0.2, 0) is 0 Å². The Labute approximate surface area is 133 Å². The molecule has 0 unspecified atom stereocenters. The molecule has 1 amide bonds. The van der Waals surface area contributed by atoms with Gasteiger partial charge in [-0.1, -0.05) is 43.2 Å². The first-order chi connectivity index (χ1) is 11.3. The highest BCUT2D eigenvalue weighted by Crippen LogP contribution is 2.19. The van der Waals surface area contributed by atoms with Gasteiger partial charge in [-0.15, -0.1) is 10.2 Å². The standard InChI is InChI=1S/C17H17N5O/c23-17(18-13-8-4-5-9-13)16-20-19-15-11-10-14(21-22(15)16)12-6-2-1-3-7-12/h1-3,6-7,10-11,13H,4-5,8-9H2,(H,18,23). The zero-order chi connectivity index (χ0) is 15.6. The van der Waals surface area contributed by atoms with Gasteiger partial charge in [-0.2, -0.15) is 9.61 Å². The van der Waals surface area contributed by atoms with Crippen LogP contribution in [0.25, 0.3) is 16.9 Å². The number of hydrogen-bond acceptors (Lipinski definition) is 4. The molecule has 1 fully saturated rings. The van der Waals surface area contributed by atoms with Gasteiger partial charge in [0.1, 0.15) is 0 Å². The van der Waals surface area contributed by atoms with Crippen LogP contribution >= 0.6 is 0 Å². The Bertz CT molecular complexity index is 837. The van der Waals surface area contributed by atoms with E-state index >= 15 is 0 Å². The number of rotatable bonds is 3. The monoisotopic (exact) mass is 307 g/mol. The molecule has 6 heteroatoms. The van der Waals surface area contributed by atoms with Crippen LogP contribution in [0.4, 0.5) is 0 Å². The molecule has 0 bridgehead atoms. The fourth-order valence-corrected chi connectivity index (χ4v) is 3.01. The number of fused-ring (bicyclic) bond motifs is 1. The summed E-state index contributed by atoms with van der Waals surface area (Å²) in [5.41, 5.74) is 2.35. The maximum absolute atomic E-state index is 12.4. The van der Waals surface area contributed by atoms with Gasteiger partial charge in [0, 0.05) is 11.6 Å². The predicted molar refractivity (Wildman–Crippen MR) is 85.9 cm³/mol. The summed E-state index contributed by atoms with van der Waals surface area (Å²) in [5, 5.41) is 15.6. The van der Waals surface area contributed by atoms with Crippen molar-refractivity contribution in [2.24, 2.45) is 0 Å². The summed E-state index contributed by atoms with van der Waals surface area (Å²) in [7, 11) is 0. The van der Waals surface area contributed by atoms with E-state index < -0.39 is 0 Å². The van der Waals surface area contributed by atoms with Gasteiger partial charge in [-0.05, 0) is 25.0 Å². The Morgan fingerprint density at radius 1 is 1.04 bits per heavy atom. The van der Waals surface area contributed by atoms with E-state index in [1.807, 2.05) is 42.5 Å². The molecule has 4 rings (SSSR count). The quantitative estimate of drug-likeness (QED) is 0.807. The maximum atomic E-state index is 12.4. The van der Waals surface area contributed by atoms with Gasteiger partial charge in [0.2, 0.25) is 5.82 Å². The van der Waals surface area contributed by atoms with Gasteiger partial charge in [0.25, 0.3) is 5.91 Å². The van der Waals surface area contributed by atoms with Crippen molar-refractivity contribution in [2.75, 3.05) is 0 Å². The van der Waals surface area contributed by atoms with E-state index in [2.05, 4.69) is 20.6 Å². The van der Waals surface area contributed by atoms with E-state index in [0.29, 0.717) is 5.65 Å². The number of amides is 1. The Morgan fingerprint density at radius 2 is 1.83 bits per heavy atom. The first kappa shape index (κ1) is 13.9. The van der Waals surface area contributed by atoms with Crippen LogP contribution in [0.1, 0.15) is 36.3 Å². The number of benzene rings is 1. The number of carbonyl (C=O) groups excluding carboxylic acids is 1. The van der Waals surface area contributed by atoms with E-state index in [1.54, 1.807) is 0 Å². The summed E-state index contributed by atoms with van der Waals surface area (Å²) < 4.78 is 1.52. The molecule has 0 radical (unpaired) electrons. The normalized spacial score (nSPS) is 15.1. The average Bonchev–Trinajstić information content (AvgIpc) is 3.24. The molecule has 2 aromatic heterocycles. The van der Waals surface area contributed by atoms with Crippen molar-refractivity contribution in [3.63, 3.8) is 0 Å². The molecule has 1 aromatic carbocycles. The number of hydrogen-bond donors (Lipinski definition) is 1. The lowest BCUT2D eigenvalue weighted by molar-refractivity contribution is 0.0925. The Balaban J connectivity index is 1.68. The first-order valence-corrected chi connectivity index (χ1v) is 7.90. The molecular weight excluding hydrogens is 290 g/mol. The molecule has 1 saturated carbocycles. The summed E-state index contributed by atoms with van der Waals surface area (Å²) in [6, 6.07) is 13.8. The lowest BCUT2D eigenvalue weighted by Crippen LogP contribution is -2.34. The first-order valence-electron chi connectivity index (χ1n) is 7.90. The van der Waals surface area contributed by atoms with Crippen molar-refractivity contribution < 1.29 is 4.79 Å². The zero-order valence-corrected chi connectivity index (χ0v) is 12.6. The van der Waals surface area contributed by atoms with Gasteiger partial charge >= 0.3 is 0 Å². The number of aromatic nitrogens is 4. The topological polar surface area (TPSA) is 72.2 Å². The fraction of sp³-hybridized carbons (Fsp3) is 0.294. The van der Waals surface area contributed by atoms with Crippen molar-refractivity contribution in [1.29, 1.82) is 0 Å². The Hall–Kier alpha value is -2.76. The number of nitrogens with one attached hydrogen (secondary N) is 1. The van der Waals surface area contributed by atoms with Crippen molar-refractivity contribution in [3.8, 4) is 11.3 Å². The number of carbonyl (C=O) groups is 1. The summed E-state index contributed by atoms with van der Waals surface area (Å²) in [6.07, 6.45) is 4.40. The second-order valence-corrected chi connectivity index (χ2v) is 5.83. The third kappa shape index (κ3) is 2.67. The summed E-state index contributed by atoms with van der Waals surface area (Å²) in [6.45, 7) is 0. The SMILES string of the molecule is O=C(NC1CCCC1)c1nnc2ccc(-c3ccccc3)nn12. The Kier molecular flexibility index (Phi) is 3.49. The molecule has 6 nitrogen and oxygen atoms in total. The van der Waals surface area contributed by atoms with Crippen LogP contribution in [0, 0.1) is 0 Å². The van der Waals surface area contributed by atoms with Gasteiger partial charge in [-0.25, -0.2) is 0 Å². The molecule has 0 saturated heterocycles. The minimum absolute atomic E-state index is 0.206. The summed E-state index contributed by atoms with van der Waals surface area (Å²) >= 11 is 0. The largest absolute Gasteiger partial charge is 0.347 e. The summed E-state index contributed by atoms with van der Waals surface area (Å²) in [5.74, 6) is 0.0341. The average molecular weight is 307 g/mol. The molecule has 0 aliphatic heterocycles. The van der Waals surface area contributed by atoms with Gasteiger partial charge < -0.3 is 5.32 Å². The molecule has 0 spiro atoms. The van der Waals surface area contributed by atoms with Crippen LogP contribution < -0.4 is 5.32 Å². The highest BCUT2D eigenvalue weighted by Gasteiger charge is 2.22. The minimum atomic E-state index is -0.206. The van der Waals surface area contributed by atoms with Crippen LogP contribution in [0.5, 0.6) is 0 Å². The molecule has 0 atom stereocenters. The van der Waals surface area contributed by atoms with E-state index in [1.165, 1.54) is 17.4 Å². The highest BCUT2D eigenvalue weighted by molar-refractivity contribution is 5.91. The van der Waals surface area contributed by atoms with Crippen molar-refractivity contribution in [1.82, 2.24) is 25.1 Å². The second kappa shape index (κ2) is 5.79. The molecule has 2 heterocycles. The summed E-state index contributed by atoms with van der Waals surface area (Å²) in [4.78, 5) is 12.4. The van der Waals surface area contributed by atoms with Gasteiger partial charge in [0.15, 0.2) is 5.65 Å². The highest BCUT2D eigenvalue weighted by atomic mass is 16.2. The second-order valence-electron chi connectivity index (χ2n) is 5.83. The van der Waals surface area contributed by atoms with E-state index in [-0.39, 0.29) is 17.8 Å². The molecule has 1 N–H and O–H groups in total. The van der Waals surface area contributed by atoms with Crippen molar-refractivity contribution in [3.05, 3.63) is 48.3 Å². The van der Waals surface area contributed by atoms with Gasteiger partial charge in [-0.3, -0.25) is 4.79 Å². The smallest absolute Gasteiger partial charge is 0.291 e. The maximum Gasteiger partial charge on any atom is 0.291 e. The molecular formula is C17H17N5O. The number of nitrogens with zero attached hydrogens (tertiary/aromatic N) is 4. The van der Waals surface area contributed by atoms with Crippen molar-refractivity contribution in [2.45, 2.75) is 31.7 Å². The van der Waals surface area contributed by atoms with Crippen LogP contribution in [0.2, 0.25) is 0 Å². The minimum Gasteiger partial charge on any atom is -0.347 e. The van der Waals surface area contributed by atoms with Crippen LogP contribution in [0.3, 0.4) is 0 Å². The lowest BCUT2D eigenvalue weighted by Gasteiger charge is -2.10. The van der Waals surface area contributed by atoms with Crippen LogP contribution in [0.15, 0.2) is 42.5 Å². The predicted octanol–water partition coefficient (Wildman–Crippen LogP) is 2.46. The van der Waals surface area contributed by atoms with Crippen LogP contribution in [-0.4, -0.2) is 31.8 Å². The molecule has 1 aliphatic rings. The van der Waals surface area contributed by atoms with E-state index in [9.17, 15) is 4.79 Å². The fourth-order valence-electron chi connectivity index (χ4n) is 3.01. The molecule has 3 aromatic rings. The third-order valence-electron chi connectivity index (χ3n) is 4.23. The molecule has 116 valence electrons. The van der Waals surface area contributed by atoms with E-state index in [0.717, 1.165) is 24.1 Å². The van der Waals surface area contributed by atoms with Crippen molar-refractivity contribution >= 4 is 11.6 Å². The van der Waals surface area contributed by atoms with E-state index in [4.69, 9.17) is 0 Å². The zero-order valence-electron chi connectivity index (χ0n) is 12.6.